The predicted octanol–water partition coefficient (Wildman–Crippen LogP) is 4.84. The van der Waals surface area contributed by atoms with E-state index in [4.69, 9.17) is 18.9 Å². The maximum absolute atomic E-state index is 12.7. The van der Waals surface area contributed by atoms with Crippen LogP contribution in [-0.4, -0.2) is 57.5 Å². The van der Waals surface area contributed by atoms with E-state index in [1.165, 1.54) is 13.3 Å². The molecule has 3 aromatic rings. The first-order valence-corrected chi connectivity index (χ1v) is 15.4. The maximum atomic E-state index is 12.7. The third-order valence-corrected chi connectivity index (χ3v) is 7.40. The largest absolute Gasteiger partial charge is 0.493 e. The van der Waals surface area contributed by atoms with Crippen molar-refractivity contribution >= 4 is 29.8 Å². The fraction of sp³-hybridized carbons (Fsp3) is 0.314. The summed E-state index contributed by atoms with van der Waals surface area (Å²) in [7, 11) is 1.45. The SMILES string of the molecule is CCOC(=O)C1=C(C)NC(=O)N[C@H]1c1ccc(OCC(=O)N/N=C/c2ccc(N(CC)CC)cc2OCc2ccccc2)c(OC)c1. The second kappa shape index (κ2) is 16.7. The van der Waals surface area contributed by atoms with Crippen molar-refractivity contribution in [2.75, 3.05) is 38.3 Å². The molecule has 248 valence electrons. The number of carbonyl (C=O) groups is 3. The number of rotatable bonds is 15. The van der Waals surface area contributed by atoms with Crippen LogP contribution >= 0.6 is 0 Å². The molecule has 47 heavy (non-hydrogen) atoms. The number of methoxy groups -OCH3 is 1. The number of carbonyl (C=O) groups excluding carboxylic acids is 3. The molecule has 0 radical (unpaired) electrons. The highest BCUT2D eigenvalue weighted by molar-refractivity contribution is 5.95. The molecule has 1 atom stereocenters. The average Bonchev–Trinajstić information content (AvgIpc) is 3.07. The van der Waals surface area contributed by atoms with Gasteiger partial charge in [0.25, 0.3) is 5.91 Å². The molecule has 1 heterocycles. The van der Waals surface area contributed by atoms with Gasteiger partial charge in [0, 0.05) is 36.1 Å². The molecule has 0 bridgehead atoms. The molecule has 4 rings (SSSR count). The van der Waals surface area contributed by atoms with Crippen LogP contribution in [0.5, 0.6) is 17.2 Å². The standard InChI is InChI=1S/C35H41N5O7/c1-6-40(7-2)27-16-14-26(29(19-27)46-21-24-12-10-9-11-13-24)20-36-39-31(41)22-47-28-17-15-25(18-30(28)44-5)33-32(34(42)45-8-3)23(4)37-35(43)38-33/h9-20,33H,6-8,21-22H2,1-5H3,(H,39,41)(H2,37,38,43)/b36-20+/t33-/m0/s1. The van der Waals surface area contributed by atoms with E-state index < -0.39 is 23.9 Å². The first-order valence-electron chi connectivity index (χ1n) is 15.4. The van der Waals surface area contributed by atoms with E-state index in [0.717, 1.165) is 24.3 Å². The molecule has 0 saturated carbocycles. The second-order valence-corrected chi connectivity index (χ2v) is 10.5. The summed E-state index contributed by atoms with van der Waals surface area (Å²) >= 11 is 0. The van der Waals surface area contributed by atoms with Gasteiger partial charge in [0.1, 0.15) is 12.4 Å². The lowest BCUT2D eigenvalue weighted by Crippen LogP contribution is -2.45. The number of amides is 3. The number of hydrazone groups is 1. The van der Waals surface area contributed by atoms with Gasteiger partial charge in [-0.15, -0.1) is 0 Å². The number of benzene rings is 3. The van der Waals surface area contributed by atoms with Crippen molar-refractivity contribution in [3.05, 3.63) is 94.7 Å². The first-order chi connectivity index (χ1) is 22.8. The maximum Gasteiger partial charge on any atom is 0.338 e. The topological polar surface area (TPSA) is 140 Å². The van der Waals surface area contributed by atoms with Gasteiger partial charge in [-0.2, -0.15) is 5.10 Å². The van der Waals surface area contributed by atoms with Gasteiger partial charge in [-0.05, 0) is 63.1 Å². The Hall–Kier alpha value is -5.52. The lowest BCUT2D eigenvalue weighted by Gasteiger charge is -2.28. The third-order valence-electron chi connectivity index (χ3n) is 7.40. The molecule has 0 unspecified atom stereocenters. The highest BCUT2D eigenvalue weighted by Crippen LogP contribution is 2.34. The van der Waals surface area contributed by atoms with Crippen LogP contribution < -0.4 is 35.2 Å². The van der Waals surface area contributed by atoms with Gasteiger partial charge in [0.15, 0.2) is 18.1 Å². The smallest absolute Gasteiger partial charge is 0.338 e. The van der Waals surface area contributed by atoms with Crippen molar-refractivity contribution in [1.29, 1.82) is 0 Å². The van der Waals surface area contributed by atoms with Crippen LogP contribution in [-0.2, 0) is 20.9 Å². The normalized spacial score (nSPS) is 14.2. The number of nitrogens with one attached hydrogen (secondary N) is 3. The summed E-state index contributed by atoms with van der Waals surface area (Å²) < 4.78 is 22.6. The molecule has 3 amide bonds. The van der Waals surface area contributed by atoms with Crippen molar-refractivity contribution in [1.82, 2.24) is 16.1 Å². The molecule has 3 aromatic carbocycles. The van der Waals surface area contributed by atoms with Crippen LogP contribution in [0.15, 0.2) is 83.1 Å². The average molecular weight is 644 g/mol. The summed E-state index contributed by atoms with van der Waals surface area (Å²) in [6, 6.07) is 19.4. The Morgan fingerprint density at radius 2 is 1.72 bits per heavy atom. The van der Waals surface area contributed by atoms with Gasteiger partial charge in [-0.1, -0.05) is 36.4 Å². The fourth-order valence-electron chi connectivity index (χ4n) is 5.03. The summed E-state index contributed by atoms with van der Waals surface area (Å²) in [5, 5.41) is 9.48. The van der Waals surface area contributed by atoms with Gasteiger partial charge in [-0.25, -0.2) is 15.0 Å². The Kier molecular flexibility index (Phi) is 12.2. The van der Waals surface area contributed by atoms with E-state index >= 15 is 0 Å². The van der Waals surface area contributed by atoms with Crippen LogP contribution in [0.4, 0.5) is 10.5 Å². The molecule has 1 aliphatic heterocycles. The van der Waals surface area contributed by atoms with Crippen molar-refractivity contribution in [2.45, 2.75) is 40.3 Å². The van der Waals surface area contributed by atoms with Gasteiger partial charge >= 0.3 is 12.0 Å². The Bertz CT molecular complexity index is 1620. The summed E-state index contributed by atoms with van der Waals surface area (Å²) in [5.74, 6) is 0.193. The zero-order chi connectivity index (χ0) is 33.8. The van der Waals surface area contributed by atoms with Crippen LogP contribution in [0.3, 0.4) is 0 Å². The summed E-state index contributed by atoms with van der Waals surface area (Å²) in [6.07, 6.45) is 1.53. The number of urea groups is 1. The summed E-state index contributed by atoms with van der Waals surface area (Å²) in [4.78, 5) is 39.7. The fourth-order valence-corrected chi connectivity index (χ4v) is 5.03. The molecule has 12 heteroatoms. The number of anilines is 1. The van der Waals surface area contributed by atoms with Crippen molar-refractivity contribution < 1.29 is 33.3 Å². The lowest BCUT2D eigenvalue weighted by atomic mass is 9.95. The summed E-state index contributed by atoms with van der Waals surface area (Å²) in [6.45, 7) is 9.46. The van der Waals surface area contributed by atoms with E-state index in [2.05, 4.69) is 39.9 Å². The van der Waals surface area contributed by atoms with E-state index in [9.17, 15) is 14.4 Å². The van der Waals surface area contributed by atoms with E-state index in [0.29, 0.717) is 34.9 Å². The van der Waals surface area contributed by atoms with E-state index in [1.807, 2.05) is 48.5 Å². The molecule has 0 spiro atoms. The van der Waals surface area contributed by atoms with E-state index in [1.54, 1.807) is 32.0 Å². The van der Waals surface area contributed by atoms with Crippen LogP contribution in [0.2, 0.25) is 0 Å². The molecular formula is C35H41N5O7. The minimum atomic E-state index is -0.772. The van der Waals surface area contributed by atoms with Crippen LogP contribution in [0, 0.1) is 0 Å². The number of hydrogen-bond acceptors (Lipinski definition) is 9. The van der Waals surface area contributed by atoms with Gasteiger partial charge in [0.05, 0.1) is 31.5 Å². The molecular weight excluding hydrogens is 602 g/mol. The first kappa shape index (κ1) is 34.4. The Morgan fingerprint density at radius 3 is 2.43 bits per heavy atom. The highest BCUT2D eigenvalue weighted by atomic mass is 16.5. The Balaban J connectivity index is 1.42. The molecule has 0 aromatic heterocycles. The van der Waals surface area contributed by atoms with Gasteiger partial charge in [-0.3, -0.25) is 4.79 Å². The van der Waals surface area contributed by atoms with Crippen LogP contribution in [0.1, 0.15) is 50.4 Å². The van der Waals surface area contributed by atoms with Crippen LogP contribution in [0.25, 0.3) is 0 Å². The quantitative estimate of drug-likeness (QED) is 0.122. The Morgan fingerprint density at radius 1 is 0.957 bits per heavy atom. The van der Waals surface area contributed by atoms with Crippen molar-refractivity contribution in [3.63, 3.8) is 0 Å². The zero-order valence-electron chi connectivity index (χ0n) is 27.3. The molecule has 1 aliphatic rings. The number of allylic oxidation sites excluding steroid dienone is 1. The Labute approximate surface area is 274 Å². The van der Waals surface area contributed by atoms with E-state index in [-0.39, 0.29) is 24.5 Å². The predicted molar refractivity (Wildman–Crippen MR) is 179 cm³/mol. The molecule has 0 saturated heterocycles. The van der Waals surface area contributed by atoms with Crippen molar-refractivity contribution in [2.24, 2.45) is 5.10 Å². The minimum absolute atomic E-state index is 0.185. The number of nitrogens with zero attached hydrogens (tertiary/aromatic N) is 2. The van der Waals surface area contributed by atoms with Gasteiger partial charge in [0.2, 0.25) is 0 Å². The zero-order valence-corrected chi connectivity index (χ0v) is 27.3. The van der Waals surface area contributed by atoms with Gasteiger partial charge < -0.3 is 34.5 Å². The highest BCUT2D eigenvalue weighted by Gasteiger charge is 2.32. The molecule has 12 nitrogen and oxygen atoms in total. The monoisotopic (exact) mass is 643 g/mol. The number of esters is 1. The molecule has 0 fully saturated rings. The molecule has 0 aliphatic carbocycles. The molecule has 3 N–H and O–H groups in total. The number of hydrogen-bond donors (Lipinski definition) is 3. The lowest BCUT2D eigenvalue weighted by molar-refractivity contribution is -0.139. The number of ether oxygens (including phenoxy) is 4. The third kappa shape index (κ3) is 9.03. The summed E-state index contributed by atoms with van der Waals surface area (Å²) in [5.41, 5.74) is 6.48. The van der Waals surface area contributed by atoms with Crippen molar-refractivity contribution in [3.8, 4) is 17.2 Å². The minimum Gasteiger partial charge on any atom is -0.493 e. The second-order valence-electron chi connectivity index (χ2n) is 10.5.